The number of nitrogens with one attached hydrogen (secondary N) is 3. The summed E-state index contributed by atoms with van der Waals surface area (Å²) in [5.74, 6) is -2.23. The van der Waals surface area contributed by atoms with Crippen molar-refractivity contribution in [2.24, 2.45) is 0 Å². The number of hydrogen-bond acceptors (Lipinski definition) is 7. The minimum atomic E-state index is -1.47. The van der Waals surface area contributed by atoms with Gasteiger partial charge in [-0.05, 0) is 17.7 Å². The lowest BCUT2D eigenvalue weighted by Crippen LogP contribution is -2.71. The highest BCUT2D eigenvalue weighted by Gasteiger charge is 2.50. The van der Waals surface area contributed by atoms with E-state index in [1.165, 1.54) is 25.3 Å². The second-order valence-electron chi connectivity index (χ2n) is 5.36. The van der Waals surface area contributed by atoms with Crippen molar-refractivity contribution in [3.63, 3.8) is 0 Å². The summed E-state index contributed by atoms with van der Waals surface area (Å²) in [4.78, 5) is 46.7. The van der Waals surface area contributed by atoms with Gasteiger partial charge in [0.05, 0.1) is 13.2 Å². The Balaban J connectivity index is 1.83. The van der Waals surface area contributed by atoms with Gasteiger partial charge in [0, 0.05) is 0 Å². The van der Waals surface area contributed by atoms with E-state index in [4.69, 9.17) is 16.3 Å². The highest BCUT2D eigenvalue weighted by atomic mass is 35.5. The number of urea groups is 1. The third kappa shape index (κ3) is 2.85. The number of β-lactam (4-membered cyclic amide) rings is 1. The first kappa shape index (κ1) is 17.0. The molecule has 0 saturated carbocycles. The number of phenols is 1. The Hall–Kier alpha value is -2.85. The van der Waals surface area contributed by atoms with E-state index in [1.807, 2.05) is 10.6 Å². The van der Waals surface area contributed by atoms with E-state index < -0.39 is 41.2 Å². The third-order valence-corrected chi connectivity index (χ3v) is 4.27. The fourth-order valence-electron chi connectivity index (χ4n) is 2.57. The monoisotopic (exact) mass is 368 g/mol. The Morgan fingerprint density at radius 1 is 1.20 bits per heavy atom. The number of amides is 5. The number of rotatable bonds is 4. The number of aromatic hydroxyl groups is 1. The number of phenolic OH excluding ortho intramolecular Hbond substituents is 1. The maximum atomic E-state index is 12.0. The number of alkyl halides is 1. The number of carbonyl (C=O) groups is 4. The number of hydrazine groups is 1. The van der Waals surface area contributed by atoms with E-state index in [0.29, 0.717) is 5.56 Å². The van der Waals surface area contributed by atoms with E-state index >= 15 is 0 Å². The second kappa shape index (κ2) is 6.22. The zero-order valence-corrected chi connectivity index (χ0v) is 13.5. The molecule has 11 heteroatoms. The van der Waals surface area contributed by atoms with Crippen molar-refractivity contribution in [2.75, 3.05) is 7.11 Å². The van der Waals surface area contributed by atoms with Crippen LogP contribution in [0.15, 0.2) is 18.2 Å². The molecule has 5 amide bonds. The van der Waals surface area contributed by atoms with Crippen LogP contribution in [-0.2, 0) is 14.4 Å². The van der Waals surface area contributed by atoms with Gasteiger partial charge in [-0.25, -0.2) is 10.2 Å². The highest BCUT2D eigenvalue weighted by molar-refractivity contribution is 6.33. The number of nitrogens with zero attached hydrogens (tertiary/aromatic N) is 1. The van der Waals surface area contributed by atoms with Crippen molar-refractivity contribution in [2.45, 2.75) is 17.5 Å². The lowest BCUT2D eigenvalue weighted by Gasteiger charge is -2.45. The standard InChI is InChI=1S/C14H13ClN4O6/c1-25-7-4-5(2-3-6(7)20)10-8(15)13(23)19(10)18-9-11(21)16-14(24)17-12(9)22/h2-4,8-10,18,20H,1H3,(H2,16,17,21,22,24). The van der Waals surface area contributed by atoms with Crippen molar-refractivity contribution in [3.05, 3.63) is 23.8 Å². The molecule has 4 N–H and O–H groups in total. The van der Waals surface area contributed by atoms with E-state index in [2.05, 4.69) is 5.43 Å². The topological polar surface area (TPSA) is 137 Å². The van der Waals surface area contributed by atoms with Gasteiger partial charge in [-0.1, -0.05) is 6.07 Å². The molecule has 10 nitrogen and oxygen atoms in total. The first-order valence-corrected chi connectivity index (χ1v) is 7.53. The summed E-state index contributed by atoms with van der Waals surface area (Å²) in [6.45, 7) is 0. The number of halogens is 1. The second-order valence-corrected chi connectivity index (χ2v) is 5.83. The predicted molar refractivity (Wildman–Crippen MR) is 82.5 cm³/mol. The van der Waals surface area contributed by atoms with E-state index in [1.54, 1.807) is 0 Å². The Labute approximate surface area is 146 Å². The Morgan fingerprint density at radius 2 is 1.84 bits per heavy atom. The molecule has 2 aliphatic heterocycles. The summed E-state index contributed by atoms with van der Waals surface area (Å²) in [6, 6.07) is 1.29. The minimum Gasteiger partial charge on any atom is -0.504 e. The number of hydrogen-bond donors (Lipinski definition) is 4. The fraction of sp³-hybridized carbons (Fsp3) is 0.286. The smallest absolute Gasteiger partial charge is 0.328 e. The van der Waals surface area contributed by atoms with Crippen LogP contribution in [0, 0.1) is 0 Å². The maximum Gasteiger partial charge on any atom is 0.328 e. The van der Waals surface area contributed by atoms with Crippen LogP contribution in [0.3, 0.4) is 0 Å². The van der Waals surface area contributed by atoms with Crippen LogP contribution < -0.4 is 20.8 Å². The number of imide groups is 2. The molecule has 132 valence electrons. The zero-order valence-electron chi connectivity index (χ0n) is 12.8. The van der Waals surface area contributed by atoms with Gasteiger partial charge < -0.3 is 9.84 Å². The van der Waals surface area contributed by atoms with Crippen LogP contribution in [0.1, 0.15) is 11.6 Å². The molecule has 2 saturated heterocycles. The molecule has 2 fully saturated rings. The molecule has 25 heavy (non-hydrogen) atoms. The van der Waals surface area contributed by atoms with Crippen molar-refractivity contribution < 1.29 is 29.0 Å². The Bertz CT molecular complexity index is 765. The third-order valence-electron chi connectivity index (χ3n) is 3.84. The molecule has 1 aromatic rings. The van der Waals surface area contributed by atoms with Gasteiger partial charge in [0.1, 0.15) is 5.38 Å². The van der Waals surface area contributed by atoms with Crippen molar-refractivity contribution in [1.29, 1.82) is 0 Å². The van der Waals surface area contributed by atoms with Crippen molar-refractivity contribution in [1.82, 2.24) is 21.1 Å². The largest absolute Gasteiger partial charge is 0.504 e. The highest BCUT2D eigenvalue weighted by Crippen LogP contribution is 2.40. The first-order chi connectivity index (χ1) is 11.8. The van der Waals surface area contributed by atoms with Gasteiger partial charge in [-0.3, -0.25) is 30.0 Å². The summed E-state index contributed by atoms with van der Waals surface area (Å²) < 4.78 is 5.01. The normalized spacial score (nSPS) is 23.8. The number of methoxy groups -OCH3 is 1. The van der Waals surface area contributed by atoms with E-state index in [0.717, 1.165) is 5.01 Å². The molecule has 2 heterocycles. The molecule has 0 radical (unpaired) electrons. The SMILES string of the molecule is COc1cc(C2C(Cl)C(=O)N2NC2C(=O)NC(=O)NC2=O)ccc1O. The molecule has 0 bridgehead atoms. The molecular weight excluding hydrogens is 356 g/mol. The minimum absolute atomic E-state index is 0.0907. The summed E-state index contributed by atoms with van der Waals surface area (Å²) in [5.41, 5.74) is 3.00. The van der Waals surface area contributed by atoms with Gasteiger partial charge >= 0.3 is 6.03 Å². The van der Waals surface area contributed by atoms with Crippen LogP contribution in [-0.4, -0.2) is 52.4 Å². The predicted octanol–water partition coefficient (Wildman–Crippen LogP) is -0.869. The molecule has 2 atom stereocenters. The summed E-state index contributed by atoms with van der Waals surface area (Å²) in [7, 11) is 1.37. The average molecular weight is 369 g/mol. The Morgan fingerprint density at radius 3 is 2.44 bits per heavy atom. The lowest BCUT2D eigenvalue weighted by atomic mass is 9.94. The van der Waals surface area contributed by atoms with Crippen LogP contribution in [0.2, 0.25) is 0 Å². The Kier molecular flexibility index (Phi) is 4.23. The molecule has 2 unspecified atom stereocenters. The molecule has 2 aliphatic rings. The van der Waals surface area contributed by atoms with Gasteiger partial charge in [0.15, 0.2) is 17.5 Å². The van der Waals surface area contributed by atoms with E-state index in [-0.39, 0.29) is 11.5 Å². The molecule has 1 aromatic carbocycles. The maximum absolute atomic E-state index is 12.0. The molecule has 0 aromatic heterocycles. The molecular formula is C14H13ClN4O6. The molecule has 0 spiro atoms. The fourth-order valence-corrected chi connectivity index (χ4v) is 2.93. The van der Waals surface area contributed by atoms with Gasteiger partial charge in [-0.2, -0.15) is 0 Å². The number of carbonyl (C=O) groups excluding carboxylic acids is 4. The van der Waals surface area contributed by atoms with Crippen LogP contribution in [0.25, 0.3) is 0 Å². The number of ether oxygens (including phenoxy) is 1. The van der Waals surface area contributed by atoms with Crippen LogP contribution >= 0.6 is 11.6 Å². The van der Waals surface area contributed by atoms with Crippen LogP contribution in [0.4, 0.5) is 4.79 Å². The van der Waals surface area contributed by atoms with E-state index in [9.17, 15) is 24.3 Å². The number of barbiturate groups is 1. The molecule has 0 aliphatic carbocycles. The quantitative estimate of drug-likeness (QED) is 0.308. The number of benzene rings is 1. The zero-order chi connectivity index (χ0) is 18.3. The average Bonchev–Trinajstić information content (AvgIpc) is 2.57. The first-order valence-electron chi connectivity index (χ1n) is 7.09. The van der Waals surface area contributed by atoms with Crippen molar-refractivity contribution >= 4 is 35.4 Å². The summed E-state index contributed by atoms with van der Waals surface area (Å²) in [6.07, 6.45) is 0. The van der Waals surface area contributed by atoms with Gasteiger partial charge in [-0.15, -0.1) is 11.6 Å². The molecule has 3 rings (SSSR count). The summed E-state index contributed by atoms with van der Waals surface area (Å²) in [5, 5.41) is 13.6. The lowest BCUT2D eigenvalue weighted by molar-refractivity contribution is -0.155. The van der Waals surface area contributed by atoms with Gasteiger partial charge in [0.2, 0.25) is 0 Å². The van der Waals surface area contributed by atoms with Crippen molar-refractivity contribution in [3.8, 4) is 11.5 Å². The van der Waals surface area contributed by atoms with Crippen LogP contribution in [0.5, 0.6) is 11.5 Å². The summed E-state index contributed by atoms with van der Waals surface area (Å²) >= 11 is 6.05. The van der Waals surface area contributed by atoms with Gasteiger partial charge in [0.25, 0.3) is 17.7 Å².